The summed E-state index contributed by atoms with van der Waals surface area (Å²) in [5.74, 6) is -36.5. The highest BCUT2D eigenvalue weighted by Crippen LogP contribution is 2.61. The second-order valence-electron chi connectivity index (χ2n) is 6.68. The van der Waals surface area contributed by atoms with Gasteiger partial charge in [0.1, 0.15) is 0 Å². The molecule has 0 bridgehead atoms. The molecule has 0 aliphatic heterocycles. The molecule has 1 aromatic rings. The van der Waals surface area contributed by atoms with Crippen molar-refractivity contribution in [3.63, 3.8) is 0 Å². The van der Waals surface area contributed by atoms with Crippen LogP contribution in [0, 0.1) is 0 Å². The van der Waals surface area contributed by atoms with Gasteiger partial charge < -0.3 is 0 Å². The summed E-state index contributed by atoms with van der Waals surface area (Å²) in [6, 6.07) is 8.25. The monoisotopic (exact) mass is 592 g/mol. The van der Waals surface area contributed by atoms with E-state index in [0.717, 1.165) is 28.2 Å². The summed E-state index contributed by atoms with van der Waals surface area (Å²) in [6.07, 6.45) is -9.46. The molecule has 14 heteroatoms. The fourth-order valence-corrected chi connectivity index (χ4v) is 3.48. The number of hydrogen-bond acceptors (Lipinski definition) is 0. The maximum atomic E-state index is 13.8. The van der Waals surface area contributed by atoms with Crippen molar-refractivity contribution in [1.82, 2.24) is 0 Å². The fourth-order valence-electron chi connectivity index (χ4n) is 2.48. The van der Waals surface area contributed by atoms with Gasteiger partial charge in [-0.2, -0.15) is 57.1 Å². The van der Waals surface area contributed by atoms with Crippen LogP contribution in [0.3, 0.4) is 0 Å². The van der Waals surface area contributed by atoms with Gasteiger partial charge >= 0.3 is 35.8 Å². The predicted molar refractivity (Wildman–Crippen MR) is 92.6 cm³/mol. The zero-order chi connectivity index (χ0) is 24.5. The van der Waals surface area contributed by atoms with Gasteiger partial charge in [-0.1, -0.05) is 52.9 Å². The second-order valence-corrected chi connectivity index (χ2v) is 8.44. The first-order chi connectivity index (χ1) is 13.7. The summed E-state index contributed by atoms with van der Waals surface area (Å²) in [5.41, 5.74) is 0.726. The van der Waals surface area contributed by atoms with E-state index in [1.54, 1.807) is 30.3 Å². The first-order valence-corrected chi connectivity index (χ1v) is 9.60. The van der Waals surface area contributed by atoms with E-state index in [4.69, 9.17) is 0 Å². The standard InChI is InChI=1S/C17H14F13I/c18-12(19,9-11(31)8-4-7-10-5-2-1-3-6-10)13(20,21)14(22,23)15(24,25)16(26,27)17(28,29)30/h1-3,5-6,11H,4,7-9H2. The Balaban J connectivity index is 2.99. The molecule has 1 rings (SSSR count). The van der Waals surface area contributed by atoms with E-state index >= 15 is 0 Å². The molecule has 0 aromatic heterocycles. The van der Waals surface area contributed by atoms with Crippen molar-refractivity contribution in [2.45, 2.75) is 65.4 Å². The molecule has 31 heavy (non-hydrogen) atoms. The molecule has 1 unspecified atom stereocenters. The number of alkyl halides is 14. The zero-order valence-electron chi connectivity index (χ0n) is 15.1. The lowest BCUT2D eigenvalue weighted by molar-refractivity contribution is -0.440. The molecule has 1 atom stereocenters. The van der Waals surface area contributed by atoms with E-state index in [1.165, 1.54) is 0 Å². The molecule has 1 aromatic carbocycles. The third-order valence-corrected chi connectivity index (χ3v) is 5.37. The van der Waals surface area contributed by atoms with E-state index in [9.17, 15) is 57.1 Å². The predicted octanol–water partition coefficient (Wildman–Crippen LogP) is 7.94. The molecule has 0 saturated carbocycles. The first kappa shape index (κ1) is 28.1. The van der Waals surface area contributed by atoms with Crippen LogP contribution >= 0.6 is 22.6 Å². The van der Waals surface area contributed by atoms with Crippen LogP contribution < -0.4 is 0 Å². The molecule has 0 fully saturated rings. The van der Waals surface area contributed by atoms with Gasteiger partial charge in [-0.25, -0.2) is 0 Å². The largest absolute Gasteiger partial charge is 0.460 e. The highest BCUT2D eigenvalue weighted by atomic mass is 127. The van der Waals surface area contributed by atoms with Crippen LogP contribution in [0.5, 0.6) is 0 Å². The highest BCUT2D eigenvalue weighted by Gasteiger charge is 2.90. The maximum Gasteiger partial charge on any atom is 0.460 e. The van der Waals surface area contributed by atoms with Crippen molar-refractivity contribution in [3.05, 3.63) is 35.9 Å². The van der Waals surface area contributed by atoms with Crippen LogP contribution in [0.4, 0.5) is 57.1 Å². The van der Waals surface area contributed by atoms with E-state index in [-0.39, 0.29) is 19.3 Å². The van der Waals surface area contributed by atoms with E-state index in [2.05, 4.69) is 0 Å². The molecule has 0 amide bonds. The van der Waals surface area contributed by atoms with E-state index in [0.29, 0.717) is 0 Å². The Labute approximate surface area is 181 Å². The molecular formula is C17H14F13I. The third kappa shape index (κ3) is 5.34. The summed E-state index contributed by atoms with van der Waals surface area (Å²) >= 11 is 1.15. The minimum Gasteiger partial charge on any atom is -0.200 e. The van der Waals surface area contributed by atoms with Gasteiger partial charge in [-0.05, 0) is 24.8 Å². The van der Waals surface area contributed by atoms with E-state index < -0.39 is 46.1 Å². The van der Waals surface area contributed by atoms with Crippen molar-refractivity contribution in [3.8, 4) is 0 Å². The lowest BCUT2D eigenvalue weighted by Crippen LogP contribution is -2.70. The van der Waals surface area contributed by atoms with Gasteiger partial charge in [0.15, 0.2) is 0 Å². The summed E-state index contributed by atoms with van der Waals surface area (Å²) in [7, 11) is 0. The minimum atomic E-state index is -7.85. The summed E-state index contributed by atoms with van der Waals surface area (Å²) in [5, 5.41) is 0. The normalized spacial score (nSPS) is 15.8. The highest BCUT2D eigenvalue weighted by molar-refractivity contribution is 14.1. The Kier molecular flexibility index (Phi) is 8.26. The van der Waals surface area contributed by atoms with Gasteiger partial charge in [0.2, 0.25) is 0 Å². The number of benzene rings is 1. The molecular weight excluding hydrogens is 578 g/mol. The fraction of sp³-hybridized carbons (Fsp3) is 0.647. The van der Waals surface area contributed by atoms with Crippen LogP contribution in [-0.2, 0) is 6.42 Å². The summed E-state index contributed by atoms with van der Waals surface area (Å²) in [4.78, 5) is 0. The second kappa shape index (κ2) is 9.12. The molecule has 180 valence electrons. The van der Waals surface area contributed by atoms with Crippen molar-refractivity contribution in [2.75, 3.05) is 0 Å². The Morgan fingerprint density at radius 1 is 0.645 bits per heavy atom. The molecule has 0 spiro atoms. The van der Waals surface area contributed by atoms with Crippen LogP contribution in [0.1, 0.15) is 24.8 Å². The van der Waals surface area contributed by atoms with Gasteiger partial charge in [-0.3, -0.25) is 0 Å². The van der Waals surface area contributed by atoms with Gasteiger partial charge in [0.05, 0.1) is 0 Å². The topological polar surface area (TPSA) is 0 Å². The number of rotatable bonds is 10. The van der Waals surface area contributed by atoms with Crippen molar-refractivity contribution in [2.24, 2.45) is 0 Å². The third-order valence-electron chi connectivity index (χ3n) is 4.30. The minimum absolute atomic E-state index is 0.0952. The molecule has 0 nitrogen and oxygen atoms in total. The molecule has 0 saturated heterocycles. The molecule has 0 aliphatic rings. The lowest BCUT2D eigenvalue weighted by atomic mass is 9.91. The first-order valence-electron chi connectivity index (χ1n) is 8.36. The number of aryl methyl sites for hydroxylation is 1. The Morgan fingerprint density at radius 3 is 1.55 bits per heavy atom. The summed E-state index contributed by atoms with van der Waals surface area (Å²) < 4.78 is 168. The SMILES string of the molecule is FC(F)(F)C(F)(F)C(F)(F)C(F)(F)C(F)(F)C(F)(F)CC(I)CCCc1ccccc1. The Bertz CT molecular complexity index is 712. The Hall–Kier alpha value is -0.960. The van der Waals surface area contributed by atoms with Crippen LogP contribution in [0.2, 0.25) is 0 Å². The maximum absolute atomic E-state index is 13.8. The molecule has 0 N–H and O–H groups in total. The Morgan fingerprint density at radius 2 is 1.10 bits per heavy atom. The van der Waals surface area contributed by atoms with Crippen LogP contribution in [0.15, 0.2) is 30.3 Å². The zero-order valence-corrected chi connectivity index (χ0v) is 17.2. The van der Waals surface area contributed by atoms with Gasteiger partial charge in [0, 0.05) is 10.3 Å². The number of hydrogen-bond donors (Lipinski definition) is 0. The van der Waals surface area contributed by atoms with Crippen molar-refractivity contribution in [1.29, 1.82) is 0 Å². The summed E-state index contributed by atoms with van der Waals surface area (Å²) in [6.45, 7) is 0. The molecule has 0 aliphatic carbocycles. The van der Waals surface area contributed by atoms with Crippen LogP contribution in [-0.4, -0.2) is 39.7 Å². The average Bonchev–Trinajstić information content (AvgIpc) is 2.60. The average molecular weight is 592 g/mol. The molecule has 0 radical (unpaired) electrons. The smallest absolute Gasteiger partial charge is 0.200 e. The van der Waals surface area contributed by atoms with Crippen LogP contribution in [0.25, 0.3) is 0 Å². The van der Waals surface area contributed by atoms with Gasteiger partial charge in [-0.15, -0.1) is 0 Å². The van der Waals surface area contributed by atoms with Gasteiger partial charge in [0.25, 0.3) is 0 Å². The number of halogens is 14. The van der Waals surface area contributed by atoms with E-state index in [1.807, 2.05) is 0 Å². The van der Waals surface area contributed by atoms with Crippen molar-refractivity contribution >= 4 is 22.6 Å². The van der Waals surface area contributed by atoms with Crippen molar-refractivity contribution < 1.29 is 57.1 Å². The molecule has 0 heterocycles. The quantitative estimate of drug-likeness (QED) is 0.147. The lowest BCUT2D eigenvalue weighted by Gasteiger charge is -2.40.